The van der Waals surface area contributed by atoms with E-state index in [1.165, 1.54) is 5.01 Å². The summed E-state index contributed by atoms with van der Waals surface area (Å²) in [5.74, 6) is -0.212. The quantitative estimate of drug-likeness (QED) is 0.651. The van der Waals surface area contributed by atoms with Crippen molar-refractivity contribution in [3.63, 3.8) is 0 Å². The van der Waals surface area contributed by atoms with Gasteiger partial charge < -0.3 is 0 Å². The topological polar surface area (TPSA) is 32.7 Å². The largest absolute Gasteiger partial charge is 0.280 e. The van der Waals surface area contributed by atoms with E-state index in [4.69, 9.17) is 34.8 Å². The van der Waals surface area contributed by atoms with Gasteiger partial charge in [-0.15, -0.1) is 0 Å². The number of hydrogen-bond donors (Lipinski definition) is 0. The second-order valence-electron chi connectivity index (χ2n) is 5.01. The molecule has 1 amide bonds. The van der Waals surface area contributed by atoms with Gasteiger partial charge in [-0.3, -0.25) is 4.79 Å². The smallest absolute Gasteiger partial charge is 0.267 e. The molecule has 0 aromatic heterocycles. The summed E-state index contributed by atoms with van der Waals surface area (Å²) in [4.78, 5) is 12.6. The van der Waals surface area contributed by atoms with E-state index < -0.39 is 0 Å². The maximum Gasteiger partial charge on any atom is 0.280 e. The van der Waals surface area contributed by atoms with E-state index in [9.17, 15) is 4.79 Å². The van der Waals surface area contributed by atoms with E-state index >= 15 is 0 Å². The molecule has 0 saturated heterocycles. The minimum atomic E-state index is -0.212. The van der Waals surface area contributed by atoms with Crippen LogP contribution in [0, 0.1) is 0 Å². The number of rotatable bonds is 2. The highest BCUT2D eigenvalue weighted by atomic mass is 35.5. The van der Waals surface area contributed by atoms with Gasteiger partial charge in [-0.25, -0.2) is 0 Å². The summed E-state index contributed by atoms with van der Waals surface area (Å²) >= 11 is 17.8. The van der Waals surface area contributed by atoms with Crippen molar-refractivity contribution in [2.75, 3.05) is 5.01 Å². The van der Waals surface area contributed by atoms with Gasteiger partial charge in [-0.05, 0) is 48.9 Å². The van der Waals surface area contributed by atoms with Crippen molar-refractivity contribution in [1.29, 1.82) is 0 Å². The van der Waals surface area contributed by atoms with E-state index in [1.54, 1.807) is 43.3 Å². The van der Waals surface area contributed by atoms with Crippen molar-refractivity contribution in [3.8, 4) is 0 Å². The maximum absolute atomic E-state index is 12.6. The predicted octanol–water partition coefficient (Wildman–Crippen LogP) is 5.45. The molecule has 3 rings (SSSR count). The summed E-state index contributed by atoms with van der Waals surface area (Å²) < 4.78 is 0. The SMILES string of the molecule is CC1=NN(c2ccc(Cl)c(Cl)c2)C(=O)/C1=C\c1ccc(Cl)cc1. The average molecular weight is 366 g/mol. The Labute approximate surface area is 148 Å². The van der Waals surface area contributed by atoms with Gasteiger partial charge in [-0.1, -0.05) is 46.9 Å². The van der Waals surface area contributed by atoms with Crippen LogP contribution in [-0.2, 0) is 4.79 Å². The van der Waals surface area contributed by atoms with Crippen molar-refractivity contribution in [2.45, 2.75) is 6.92 Å². The molecule has 116 valence electrons. The monoisotopic (exact) mass is 364 g/mol. The molecule has 2 aromatic rings. The minimum Gasteiger partial charge on any atom is -0.267 e. The van der Waals surface area contributed by atoms with Gasteiger partial charge in [-0.2, -0.15) is 10.1 Å². The van der Waals surface area contributed by atoms with Crippen LogP contribution in [0.5, 0.6) is 0 Å². The van der Waals surface area contributed by atoms with E-state index in [2.05, 4.69) is 5.10 Å². The van der Waals surface area contributed by atoms with Crippen molar-refractivity contribution in [2.24, 2.45) is 5.10 Å². The molecule has 1 heterocycles. The Kier molecular flexibility index (Phi) is 4.44. The number of hydrogen-bond acceptors (Lipinski definition) is 2. The van der Waals surface area contributed by atoms with Gasteiger partial charge in [0.2, 0.25) is 0 Å². The lowest BCUT2D eigenvalue weighted by atomic mass is 10.1. The van der Waals surface area contributed by atoms with Gasteiger partial charge in [0.1, 0.15) is 0 Å². The molecular weight excluding hydrogens is 355 g/mol. The molecule has 3 nitrogen and oxygen atoms in total. The first kappa shape index (κ1) is 16.1. The molecule has 23 heavy (non-hydrogen) atoms. The van der Waals surface area contributed by atoms with Gasteiger partial charge >= 0.3 is 0 Å². The third-order valence-electron chi connectivity index (χ3n) is 3.39. The van der Waals surface area contributed by atoms with E-state index in [0.29, 0.717) is 32.0 Å². The van der Waals surface area contributed by atoms with E-state index in [-0.39, 0.29) is 5.91 Å². The zero-order valence-electron chi connectivity index (χ0n) is 12.1. The highest BCUT2D eigenvalue weighted by molar-refractivity contribution is 6.42. The first-order valence-electron chi connectivity index (χ1n) is 6.78. The molecule has 0 radical (unpaired) electrons. The molecule has 0 spiro atoms. The Hall–Kier alpha value is -1.81. The summed E-state index contributed by atoms with van der Waals surface area (Å²) in [6, 6.07) is 12.2. The third-order valence-corrected chi connectivity index (χ3v) is 4.38. The van der Waals surface area contributed by atoms with Crippen LogP contribution >= 0.6 is 34.8 Å². The average Bonchev–Trinajstić information content (AvgIpc) is 2.80. The fourth-order valence-electron chi connectivity index (χ4n) is 2.20. The van der Waals surface area contributed by atoms with Gasteiger partial charge in [0.15, 0.2) is 0 Å². The van der Waals surface area contributed by atoms with Gasteiger partial charge in [0.05, 0.1) is 27.0 Å². The summed E-state index contributed by atoms with van der Waals surface area (Å²) in [6.07, 6.45) is 1.79. The Morgan fingerprint density at radius 1 is 1.00 bits per heavy atom. The molecule has 0 bridgehead atoms. The summed E-state index contributed by atoms with van der Waals surface area (Å²) in [5.41, 5.74) is 2.61. The number of amides is 1. The van der Waals surface area contributed by atoms with Crippen LogP contribution in [0.1, 0.15) is 12.5 Å². The fourth-order valence-corrected chi connectivity index (χ4v) is 2.62. The first-order chi connectivity index (χ1) is 11.0. The number of halogens is 3. The van der Waals surface area contributed by atoms with Crippen LogP contribution in [0.4, 0.5) is 5.69 Å². The summed E-state index contributed by atoms with van der Waals surface area (Å²) in [5, 5.41) is 7.08. The lowest BCUT2D eigenvalue weighted by Gasteiger charge is -2.12. The van der Waals surface area contributed by atoms with Crippen LogP contribution in [0.25, 0.3) is 6.08 Å². The zero-order valence-corrected chi connectivity index (χ0v) is 14.3. The standard InChI is InChI=1S/C17H11Cl3N2O/c1-10-14(8-11-2-4-12(18)5-3-11)17(23)22(21-10)13-6-7-15(19)16(20)9-13/h2-9H,1H3/b14-8-. The third kappa shape index (κ3) is 3.27. The van der Waals surface area contributed by atoms with Gasteiger partial charge in [0, 0.05) is 5.02 Å². The molecule has 0 N–H and O–H groups in total. The minimum absolute atomic E-state index is 0.212. The highest BCUT2D eigenvalue weighted by Gasteiger charge is 2.28. The van der Waals surface area contributed by atoms with Crippen LogP contribution in [0.2, 0.25) is 15.1 Å². The van der Waals surface area contributed by atoms with Crippen molar-refractivity contribution < 1.29 is 4.79 Å². The Morgan fingerprint density at radius 2 is 1.70 bits per heavy atom. The maximum atomic E-state index is 12.6. The number of carbonyl (C=O) groups excluding carboxylic acids is 1. The highest BCUT2D eigenvalue weighted by Crippen LogP contribution is 2.30. The lowest BCUT2D eigenvalue weighted by Crippen LogP contribution is -2.21. The molecule has 1 aliphatic rings. The Morgan fingerprint density at radius 3 is 2.35 bits per heavy atom. The van der Waals surface area contributed by atoms with Crippen LogP contribution < -0.4 is 5.01 Å². The van der Waals surface area contributed by atoms with Gasteiger partial charge in [0.25, 0.3) is 5.91 Å². The zero-order chi connectivity index (χ0) is 16.6. The van der Waals surface area contributed by atoms with E-state index in [0.717, 1.165) is 5.56 Å². The number of hydrazone groups is 1. The normalized spacial score (nSPS) is 16.2. The number of benzene rings is 2. The van der Waals surface area contributed by atoms with Crippen molar-refractivity contribution in [3.05, 3.63) is 68.7 Å². The molecule has 6 heteroatoms. The van der Waals surface area contributed by atoms with Crippen molar-refractivity contribution >= 4 is 58.2 Å². The fraction of sp³-hybridized carbons (Fsp3) is 0.0588. The Bertz CT molecular complexity index is 841. The molecule has 1 aliphatic heterocycles. The summed E-state index contributed by atoms with van der Waals surface area (Å²) in [7, 11) is 0. The van der Waals surface area contributed by atoms with Crippen molar-refractivity contribution in [1.82, 2.24) is 0 Å². The lowest BCUT2D eigenvalue weighted by molar-refractivity contribution is -0.114. The second kappa shape index (κ2) is 6.36. The molecule has 0 aliphatic carbocycles. The number of carbonyl (C=O) groups is 1. The molecule has 0 saturated carbocycles. The molecule has 2 aromatic carbocycles. The predicted molar refractivity (Wildman–Crippen MR) is 96.5 cm³/mol. The first-order valence-corrected chi connectivity index (χ1v) is 7.91. The summed E-state index contributed by atoms with van der Waals surface area (Å²) in [6.45, 7) is 1.79. The Balaban J connectivity index is 1.94. The molecule has 0 unspecified atom stereocenters. The molecular formula is C17H11Cl3N2O. The number of nitrogens with zero attached hydrogens (tertiary/aromatic N) is 2. The van der Waals surface area contributed by atoms with E-state index in [1.807, 2.05) is 12.1 Å². The number of anilines is 1. The van der Waals surface area contributed by atoms with Crippen LogP contribution in [-0.4, -0.2) is 11.6 Å². The van der Waals surface area contributed by atoms with Crippen LogP contribution in [0.3, 0.4) is 0 Å². The molecule has 0 fully saturated rings. The second-order valence-corrected chi connectivity index (χ2v) is 6.26. The van der Waals surface area contributed by atoms with Crippen LogP contribution in [0.15, 0.2) is 53.1 Å². The molecule has 0 atom stereocenters.